The molecule has 0 heterocycles. The Kier molecular flexibility index (Phi) is 21.6. The highest BCUT2D eigenvalue weighted by Gasteiger charge is 2.24. The molecule has 0 bridgehead atoms. The molecule has 0 aromatic rings. The molecule has 0 aromatic carbocycles. The fourth-order valence-electron chi connectivity index (χ4n) is 3.12. The summed E-state index contributed by atoms with van der Waals surface area (Å²) in [5.74, 6) is 3.22. The van der Waals surface area contributed by atoms with Crippen molar-refractivity contribution >= 4 is 31.3 Å². The molecule has 0 aliphatic carbocycles. The van der Waals surface area contributed by atoms with Crippen LogP contribution in [0.15, 0.2) is 0 Å². The molecule has 8 heteroatoms. The molecule has 0 saturated carbocycles. The van der Waals surface area contributed by atoms with Crippen LogP contribution in [0, 0.1) is 0 Å². The van der Waals surface area contributed by atoms with E-state index >= 15 is 0 Å². The topological polar surface area (TPSA) is 55.8 Å². The van der Waals surface area contributed by atoms with Crippen molar-refractivity contribution in [2.24, 2.45) is 0 Å². The summed E-state index contributed by atoms with van der Waals surface area (Å²) in [6, 6.07) is 0. The van der Waals surface area contributed by atoms with E-state index in [1.165, 1.54) is 77.0 Å². The van der Waals surface area contributed by atoms with Gasteiger partial charge >= 0.3 is 7.82 Å². The minimum absolute atomic E-state index is 0.222. The first kappa shape index (κ1) is 32.8. The Hall–Kier alpha value is 0.770. The average molecular weight is 515 g/mol. The zero-order valence-corrected chi connectivity index (χ0v) is 24.2. The number of thioether (sulfide) groups is 2. The molecule has 0 spiro atoms. The van der Waals surface area contributed by atoms with Gasteiger partial charge in [-0.25, -0.2) is 4.57 Å². The van der Waals surface area contributed by atoms with Crippen molar-refractivity contribution < 1.29 is 23.0 Å². The Labute approximate surface area is 208 Å². The van der Waals surface area contributed by atoms with Gasteiger partial charge in [0.25, 0.3) is 0 Å². The number of unbranched alkanes of at least 4 members (excludes halogenated alkanes) is 10. The number of hydrogen-bond acceptors (Lipinski definition) is 5. The van der Waals surface area contributed by atoms with E-state index in [1.807, 2.05) is 44.7 Å². The Morgan fingerprint density at radius 1 is 0.812 bits per heavy atom. The van der Waals surface area contributed by atoms with Gasteiger partial charge in [-0.15, -0.1) is 0 Å². The smallest absolute Gasteiger partial charge is 0.329 e. The quantitative estimate of drug-likeness (QED) is 0.0824. The largest absolute Gasteiger partial charge is 0.472 e. The normalized spacial score (nSPS) is 15.1. The molecule has 0 amide bonds. The minimum atomic E-state index is -3.98. The van der Waals surface area contributed by atoms with Crippen molar-refractivity contribution in [3.05, 3.63) is 0 Å². The van der Waals surface area contributed by atoms with Crippen LogP contribution >= 0.6 is 31.3 Å². The van der Waals surface area contributed by atoms with E-state index in [9.17, 15) is 9.46 Å². The van der Waals surface area contributed by atoms with E-state index in [0.29, 0.717) is 11.0 Å². The monoisotopic (exact) mass is 514 g/mol. The summed E-state index contributed by atoms with van der Waals surface area (Å²) in [5.41, 5.74) is 0. The van der Waals surface area contributed by atoms with Crippen LogP contribution < -0.4 is 0 Å². The van der Waals surface area contributed by atoms with Crippen LogP contribution in [-0.2, 0) is 13.6 Å². The Balaban J connectivity index is 4.25. The third kappa shape index (κ3) is 23.9. The van der Waals surface area contributed by atoms with Crippen LogP contribution in [0.1, 0.15) is 90.9 Å². The van der Waals surface area contributed by atoms with Crippen LogP contribution in [0.25, 0.3) is 0 Å². The zero-order valence-electron chi connectivity index (χ0n) is 21.7. The first-order valence-electron chi connectivity index (χ1n) is 12.8. The van der Waals surface area contributed by atoms with Gasteiger partial charge in [-0.3, -0.25) is 9.05 Å². The number of quaternary nitrogens is 1. The Bertz CT molecular complexity index is 464. The molecule has 0 aliphatic heterocycles. The maximum Gasteiger partial charge on any atom is 0.472 e. The number of rotatable bonds is 24. The van der Waals surface area contributed by atoms with Gasteiger partial charge in [-0.05, 0) is 24.3 Å². The van der Waals surface area contributed by atoms with Crippen LogP contribution in [0.3, 0.4) is 0 Å². The van der Waals surface area contributed by atoms with Gasteiger partial charge < -0.3 is 9.38 Å². The Morgan fingerprint density at radius 2 is 1.34 bits per heavy atom. The predicted octanol–water partition coefficient (Wildman–Crippen LogP) is 7.38. The number of hydrogen-bond donors (Lipinski definition) is 1. The second-order valence-electron chi connectivity index (χ2n) is 9.71. The molecule has 0 fully saturated rings. The molecule has 0 aliphatic rings. The molecule has 0 radical (unpaired) electrons. The molecule has 194 valence electrons. The molecular weight excluding hydrogens is 461 g/mol. The van der Waals surface area contributed by atoms with Crippen molar-refractivity contribution in [3.8, 4) is 0 Å². The standard InChI is InChI=1S/C24H52NO4PS2/c1-6-8-10-12-14-16-20-31-23-24(32-21-17-15-13-11-9-7-2)22-29-30(26,27)28-19-18-25(3,4)5/h24H,6-23H2,1-5H3/p+1. The summed E-state index contributed by atoms with van der Waals surface area (Å²) in [7, 11) is 2.11. The lowest BCUT2D eigenvalue weighted by Crippen LogP contribution is -2.37. The molecule has 2 atom stereocenters. The van der Waals surface area contributed by atoms with Gasteiger partial charge in [0.1, 0.15) is 13.2 Å². The summed E-state index contributed by atoms with van der Waals surface area (Å²) in [5, 5.41) is 0.234. The summed E-state index contributed by atoms with van der Waals surface area (Å²) in [6.07, 6.45) is 15.6. The number of phosphoric ester groups is 1. The highest BCUT2D eigenvalue weighted by molar-refractivity contribution is 8.03. The number of nitrogens with zero attached hydrogens (tertiary/aromatic N) is 1. The molecule has 2 unspecified atom stereocenters. The SMILES string of the molecule is CCCCCCCCSCC(COP(=O)(O)OCC[N+](C)(C)C)SCCCCCCCC. The third-order valence-corrected chi connectivity index (χ3v) is 8.95. The first-order chi connectivity index (χ1) is 15.2. The van der Waals surface area contributed by atoms with Crippen LogP contribution in [0.2, 0.25) is 0 Å². The van der Waals surface area contributed by atoms with E-state index in [-0.39, 0.29) is 18.5 Å². The van der Waals surface area contributed by atoms with Crippen LogP contribution in [0.4, 0.5) is 0 Å². The zero-order chi connectivity index (χ0) is 24.1. The van der Waals surface area contributed by atoms with Crippen LogP contribution in [-0.4, -0.2) is 72.8 Å². The second kappa shape index (κ2) is 21.1. The molecule has 0 aromatic heterocycles. The lowest BCUT2D eigenvalue weighted by molar-refractivity contribution is -0.870. The summed E-state index contributed by atoms with van der Waals surface area (Å²) in [4.78, 5) is 10.1. The Morgan fingerprint density at radius 3 is 1.91 bits per heavy atom. The van der Waals surface area contributed by atoms with Gasteiger partial charge in [0, 0.05) is 11.0 Å². The van der Waals surface area contributed by atoms with E-state index in [2.05, 4.69) is 13.8 Å². The van der Waals surface area contributed by atoms with Crippen molar-refractivity contribution in [1.29, 1.82) is 0 Å². The summed E-state index contributed by atoms with van der Waals surface area (Å²) < 4.78 is 23.5. The number of likely N-dealkylation sites (N-methyl/N-ethyl adjacent to an activating group) is 1. The van der Waals surface area contributed by atoms with Crippen molar-refractivity contribution in [1.82, 2.24) is 0 Å². The molecule has 0 saturated heterocycles. The lowest BCUT2D eigenvalue weighted by atomic mass is 10.1. The third-order valence-electron chi connectivity index (χ3n) is 5.24. The minimum Gasteiger partial charge on any atom is -0.329 e. The van der Waals surface area contributed by atoms with Gasteiger partial charge in [0.05, 0.1) is 27.7 Å². The average Bonchev–Trinajstić information content (AvgIpc) is 2.71. The van der Waals surface area contributed by atoms with E-state index < -0.39 is 7.82 Å². The molecule has 1 N–H and O–H groups in total. The second-order valence-corrected chi connectivity index (χ2v) is 13.7. The first-order valence-corrected chi connectivity index (χ1v) is 16.5. The van der Waals surface area contributed by atoms with Gasteiger partial charge in [0.15, 0.2) is 0 Å². The molecule has 5 nitrogen and oxygen atoms in total. The number of phosphoric acid groups is 1. The molecule has 32 heavy (non-hydrogen) atoms. The maximum absolute atomic E-state index is 12.3. The van der Waals surface area contributed by atoms with Gasteiger partial charge in [-0.2, -0.15) is 23.5 Å². The van der Waals surface area contributed by atoms with Crippen molar-refractivity contribution in [3.63, 3.8) is 0 Å². The summed E-state index contributed by atoms with van der Waals surface area (Å²) >= 11 is 3.85. The molecular formula is C24H53NO4PS2+. The lowest BCUT2D eigenvalue weighted by Gasteiger charge is -2.24. The predicted molar refractivity (Wildman–Crippen MR) is 145 cm³/mol. The highest BCUT2D eigenvalue weighted by atomic mass is 32.2. The van der Waals surface area contributed by atoms with Gasteiger partial charge in [0.2, 0.25) is 0 Å². The van der Waals surface area contributed by atoms with E-state index in [1.54, 1.807) is 0 Å². The maximum atomic E-state index is 12.3. The van der Waals surface area contributed by atoms with Crippen molar-refractivity contribution in [2.75, 3.05) is 58.2 Å². The summed E-state index contributed by atoms with van der Waals surface area (Å²) in [6.45, 7) is 5.66. The highest BCUT2D eigenvalue weighted by Crippen LogP contribution is 2.43. The fourth-order valence-corrected chi connectivity index (χ4v) is 6.45. The molecule has 0 rings (SSSR count). The van der Waals surface area contributed by atoms with Crippen LogP contribution in [0.5, 0.6) is 0 Å². The fraction of sp³-hybridized carbons (Fsp3) is 1.00. The van der Waals surface area contributed by atoms with E-state index in [0.717, 1.165) is 17.3 Å². The van der Waals surface area contributed by atoms with Crippen molar-refractivity contribution in [2.45, 2.75) is 96.1 Å². The van der Waals surface area contributed by atoms with Gasteiger partial charge in [-0.1, -0.05) is 78.1 Å². The van der Waals surface area contributed by atoms with E-state index in [4.69, 9.17) is 9.05 Å².